The molecule has 1 aliphatic rings. The monoisotopic (exact) mass is 471 g/mol. The Morgan fingerprint density at radius 2 is 2.03 bits per heavy atom. The van der Waals surface area contributed by atoms with Gasteiger partial charge in [0.05, 0.1) is 23.2 Å². The smallest absolute Gasteiger partial charge is 0.416 e. The van der Waals surface area contributed by atoms with Crippen molar-refractivity contribution in [1.82, 2.24) is 20.1 Å². The van der Waals surface area contributed by atoms with Crippen LogP contribution >= 0.6 is 0 Å². The molecule has 0 amide bonds. The zero-order valence-corrected chi connectivity index (χ0v) is 18.5. The van der Waals surface area contributed by atoms with E-state index in [1.54, 1.807) is 31.6 Å². The molecule has 0 saturated carbocycles. The van der Waals surface area contributed by atoms with Gasteiger partial charge in [0.25, 0.3) is 0 Å². The summed E-state index contributed by atoms with van der Waals surface area (Å²) < 4.78 is 53.1. The highest BCUT2D eigenvalue weighted by Crippen LogP contribution is 2.40. The van der Waals surface area contributed by atoms with Crippen LogP contribution in [-0.4, -0.2) is 27.9 Å². The molecule has 3 N–H and O–H groups in total. The average Bonchev–Trinajstić information content (AvgIpc) is 3.48. The van der Waals surface area contributed by atoms with E-state index >= 15 is 0 Å². The van der Waals surface area contributed by atoms with E-state index in [1.807, 2.05) is 10.9 Å². The van der Waals surface area contributed by atoms with Gasteiger partial charge in [-0.3, -0.25) is 4.68 Å². The van der Waals surface area contributed by atoms with Crippen molar-refractivity contribution in [3.05, 3.63) is 60.2 Å². The van der Waals surface area contributed by atoms with Gasteiger partial charge in [0, 0.05) is 23.5 Å². The maximum absolute atomic E-state index is 13.1. The molecule has 4 heterocycles. The number of rotatable bonds is 5. The predicted molar refractivity (Wildman–Crippen MR) is 121 cm³/mol. The number of aromatic nitrogens is 3. The van der Waals surface area contributed by atoms with Gasteiger partial charge in [-0.2, -0.15) is 18.3 Å². The van der Waals surface area contributed by atoms with Crippen molar-refractivity contribution in [3.63, 3.8) is 0 Å². The molecule has 1 aromatic carbocycles. The first-order chi connectivity index (χ1) is 16.3. The number of furan rings is 1. The van der Waals surface area contributed by atoms with Gasteiger partial charge < -0.3 is 20.2 Å². The molecule has 1 fully saturated rings. The third-order valence-corrected chi connectivity index (χ3v) is 6.17. The van der Waals surface area contributed by atoms with Crippen molar-refractivity contribution in [2.75, 3.05) is 18.8 Å². The van der Waals surface area contributed by atoms with Gasteiger partial charge in [-0.15, -0.1) is 0 Å². The SMILES string of the molecule is CC(Oc1c(N)ncc2c(-c3cnn(C4CCNCC4)c3)coc12)c1cccc(C(F)(F)F)c1. The van der Waals surface area contributed by atoms with E-state index in [0.717, 1.165) is 49.2 Å². The minimum Gasteiger partial charge on any atom is -0.479 e. The number of nitrogens with zero attached hydrogens (tertiary/aromatic N) is 3. The highest BCUT2D eigenvalue weighted by atomic mass is 19.4. The number of hydrogen-bond acceptors (Lipinski definition) is 6. The van der Waals surface area contributed by atoms with E-state index in [1.165, 1.54) is 6.07 Å². The Kier molecular flexibility index (Phi) is 5.68. The normalized spacial score (nSPS) is 16.1. The second-order valence-corrected chi connectivity index (χ2v) is 8.44. The molecule has 0 aliphatic carbocycles. The number of nitrogen functional groups attached to an aromatic ring is 1. The maximum Gasteiger partial charge on any atom is 0.416 e. The molecule has 1 atom stereocenters. The molecular weight excluding hydrogens is 447 g/mol. The van der Waals surface area contributed by atoms with Crippen LogP contribution in [0.5, 0.6) is 5.75 Å². The summed E-state index contributed by atoms with van der Waals surface area (Å²) >= 11 is 0. The number of nitrogens with one attached hydrogen (secondary N) is 1. The highest BCUT2D eigenvalue weighted by Gasteiger charge is 2.31. The minimum atomic E-state index is -4.44. The molecule has 10 heteroatoms. The number of ether oxygens (including phenoxy) is 1. The van der Waals surface area contributed by atoms with Crippen LogP contribution in [0.25, 0.3) is 22.1 Å². The molecule has 7 nitrogen and oxygen atoms in total. The van der Waals surface area contributed by atoms with Crippen molar-refractivity contribution in [2.24, 2.45) is 0 Å². The van der Waals surface area contributed by atoms with Gasteiger partial charge in [-0.1, -0.05) is 12.1 Å². The lowest BCUT2D eigenvalue weighted by atomic mass is 10.1. The lowest BCUT2D eigenvalue weighted by Gasteiger charge is -2.22. The number of alkyl halides is 3. The lowest BCUT2D eigenvalue weighted by molar-refractivity contribution is -0.137. The van der Waals surface area contributed by atoms with Gasteiger partial charge >= 0.3 is 6.18 Å². The first-order valence-electron chi connectivity index (χ1n) is 11.1. The molecule has 1 unspecified atom stereocenters. The fourth-order valence-electron chi connectivity index (χ4n) is 4.28. The van der Waals surface area contributed by atoms with Crippen LogP contribution in [0.4, 0.5) is 19.0 Å². The average molecular weight is 471 g/mol. The van der Waals surface area contributed by atoms with Crippen LogP contribution in [0.3, 0.4) is 0 Å². The van der Waals surface area contributed by atoms with E-state index in [0.29, 0.717) is 22.6 Å². The number of hydrogen-bond donors (Lipinski definition) is 2. The first kappa shape index (κ1) is 22.3. The minimum absolute atomic E-state index is 0.0950. The number of pyridine rings is 1. The molecule has 1 aliphatic heterocycles. The van der Waals surface area contributed by atoms with Crippen LogP contribution < -0.4 is 15.8 Å². The van der Waals surface area contributed by atoms with E-state index < -0.39 is 17.8 Å². The van der Waals surface area contributed by atoms with Gasteiger partial charge in [0.15, 0.2) is 11.4 Å². The zero-order chi connectivity index (χ0) is 23.9. The van der Waals surface area contributed by atoms with Gasteiger partial charge in [-0.25, -0.2) is 4.98 Å². The molecule has 0 radical (unpaired) electrons. The Balaban J connectivity index is 1.45. The van der Waals surface area contributed by atoms with Crippen molar-refractivity contribution in [1.29, 1.82) is 0 Å². The van der Waals surface area contributed by atoms with E-state index in [2.05, 4.69) is 15.4 Å². The molecule has 0 spiro atoms. The fraction of sp³-hybridized carbons (Fsp3) is 0.333. The number of halogens is 3. The molecule has 0 bridgehead atoms. The Hall–Kier alpha value is -3.53. The Morgan fingerprint density at radius 1 is 1.24 bits per heavy atom. The summed E-state index contributed by atoms with van der Waals surface area (Å²) in [6, 6.07) is 5.36. The highest BCUT2D eigenvalue weighted by molar-refractivity contribution is 5.97. The summed E-state index contributed by atoms with van der Waals surface area (Å²) in [4.78, 5) is 4.24. The topological polar surface area (TPSA) is 91.1 Å². The van der Waals surface area contributed by atoms with Crippen LogP contribution in [0, 0.1) is 0 Å². The largest absolute Gasteiger partial charge is 0.479 e. The van der Waals surface area contributed by atoms with Crippen LogP contribution in [0.2, 0.25) is 0 Å². The summed E-state index contributed by atoms with van der Waals surface area (Å²) in [7, 11) is 0. The van der Waals surface area contributed by atoms with Gasteiger partial charge in [0.1, 0.15) is 12.4 Å². The molecule has 5 rings (SSSR count). The summed E-state index contributed by atoms with van der Waals surface area (Å²) in [6.45, 7) is 3.57. The summed E-state index contributed by atoms with van der Waals surface area (Å²) in [5, 5.41) is 8.57. The van der Waals surface area contributed by atoms with Crippen LogP contribution in [0.1, 0.15) is 43.0 Å². The Morgan fingerprint density at radius 3 is 2.79 bits per heavy atom. The number of benzene rings is 1. The maximum atomic E-state index is 13.1. The second kappa shape index (κ2) is 8.68. The molecule has 3 aromatic heterocycles. The number of fused-ring (bicyclic) bond motifs is 1. The van der Waals surface area contributed by atoms with Gasteiger partial charge in [0.2, 0.25) is 5.75 Å². The summed E-state index contributed by atoms with van der Waals surface area (Å²) in [6.07, 6.45) is 3.84. The number of nitrogens with two attached hydrogens (primary N) is 1. The van der Waals surface area contributed by atoms with Crippen molar-refractivity contribution >= 4 is 16.8 Å². The van der Waals surface area contributed by atoms with E-state index in [-0.39, 0.29) is 11.6 Å². The summed E-state index contributed by atoms with van der Waals surface area (Å²) in [5.41, 5.74) is 7.74. The molecule has 178 valence electrons. The van der Waals surface area contributed by atoms with Crippen molar-refractivity contribution in [2.45, 2.75) is 38.1 Å². The van der Waals surface area contributed by atoms with Crippen molar-refractivity contribution in [3.8, 4) is 16.9 Å². The van der Waals surface area contributed by atoms with E-state index in [9.17, 15) is 13.2 Å². The molecule has 34 heavy (non-hydrogen) atoms. The van der Waals surface area contributed by atoms with Crippen LogP contribution in [0.15, 0.2) is 53.5 Å². The van der Waals surface area contributed by atoms with Crippen molar-refractivity contribution < 1.29 is 22.3 Å². The Labute approximate surface area is 193 Å². The predicted octanol–water partition coefficient (Wildman–Crippen LogP) is 5.36. The quantitative estimate of drug-likeness (QED) is 0.407. The lowest BCUT2D eigenvalue weighted by Crippen LogP contribution is -2.29. The summed E-state index contributed by atoms with van der Waals surface area (Å²) in [5.74, 6) is 0.289. The van der Waals surface area contributed by atoms with E-state index in [4.69, 9.17) is 14.9 Å². The standard InChI is InChI=1S/C24H24F3N5O2/c1-14(15-3-2-4-17(9-15)24(25,26)27)34-22-21-19(11-30-23(22)28)20(13-33-21)16-10-31-32(12-16)18-5-7-29-8-6-18/h2-4,9-14,18,29H,5-8H2,1H3,(H2,28,30). The van der Waals surface area contributed by atoms with Gasteiger partial charge in [-0.05, 0) is 50.6 Å². The first-order valence-corrected chi connectivity index (χ1v) is 11.1. The molecule has 4 aromatic rings. The molecular formula is C24H24F3N5O2. The number of piperidine rings is 1. The second-order valence-electron chi connectivity index (χ2n) is 8.44. The third-order valence-electron chi connectivity index (χ3n) is 6.17. The number of anilines is 1. The zero-order valence-electron chi connectivity index (χ0n) is 18.5. The van der Waals surface area contributed by atoms with Crippen LogP contribution in [-0.2, 0) is 6.18 Å². The third kappa shape index (κ3) is 4.21. The fourth-order valence-corrected chi connectivity index (χ4v) is 4.28. The molecule has 1 saturated heterocycles. The Bertz CT molecular complexity index is 1310.